The zero-order valence-corrected chi connectivity index (χ0v) is 11.7. The van der Waals surface area contributed by atoms with Gasteiger partial charge in [0.05, 0.1) is 19.9 Å². The molecule has 0 atom stereocenters. The molecule has 1 aromatic carbocycles. The summed E-state index contributed by atoms with van der Waals surface area (Å²) >= 11 is 5.72. The quantitative estimate of drug-likeness (QED) is 0.731. The van der Waals surface area contributed by atoms with Gasteiger partial charge in [0.1, 0.15) is 11.5 Å². The highest BCUT2D eigenvalue weighted by molar-refractivity contribution is 6.17. The molecule has 0 aliphatic rings. The number of rotatable bonds is 6. The molecule has 0 fully saturated rings. The van der Waals surface area contributed by atoms with Gasteiger partial charge in [-0.3, -0.25) is 0 Å². The first-order valence-electron chi connectivity index (χ1n) is 5.63. The highest BCUT2D eigenvalue weighted by Crippen LogP contribution is 2.35. The Balaban J connectivity index is 3.04. The van der Waals surface area contributed by atoms with Gasteiger partial charge in [0.2, 0.25) is 0 Å². The number of anilines is 1. The summed E-state index contributed by atoms with van der Waals surface area (Å²) < 4.78 is 10.6. The fourth-order valence-corrected chi connectivity index (χ4v) is 2.01. The molecule has 4 heteroatoms. The first kappa shape index (κ1) is 14.0. The van der Waals surface area contributed by atoms with Crippen LogP contribution >= 0.6 is 11.6 Å². The Morgan fingerprint density at radius 1 is 1.24 bits per heavy atom. The van der Waals surface area contributed by atoms with Gasteiger partial charge in [-0.25, -0.2) is 0 Å². The minimum atomic E-state index is 0.669. The number of nitrogens with zero attached hydrogens (tertiary/aromatic N) is 1. The van der Waals surface area contributed by atoms with E-state index in [0.29, 0.717) is 5.88 Å². The Labute approximate surface area is 108 Å². The molecule has 0 amide bonds. The van der Waals surface area contributed by atoms with E-state index in [1.54, 1.807) is 14.2 Å². The van der Waals surface area contributed by atoms with Crippen molar-refractivity contribution in [1.82, 2.24) is 0 Å². The largest absolute Gasteiger partial charge is 0.497 e. The Bertz CT molecular complexity index is 369. The van der Waals surface area contributed by atoms with Crippen LogP contribution in [-0.2, 0) is 0 Å². The number of ether oxygens (including phenoxy) is 2. The van der Waals surface area contributed by atoms with Gasteiger partial charge in [-0.2, -0.15) is 0 Å². The fourth-order valence-electron chi connectivity index (χ4n) is 1.89. The number of halogens is 1. The van der Waals surface area contributed by atoms with Crippen LogP contribution in [0.5, 0.6) is 11.5 Å². The lowest BCUT2D eigenvalue weighted by Gasteiger charge is -2.24. The van der Waals surface area contributed by atoms with E-state index in [2.05, 4.69) is 11.8 Å². The lowest BCUT2D eigenvalue weighted by atomic mass is 10.1. The molecule has 1 rings (SSSR count). The van der Waals surface area contributed by atoms with Crippen LogP contribution < -0.4 is 14.4 Å². The zero-order chi connectivity index (χ0) is 12.8. The molecule has 0 aromatic heterocycles. The Morgan fingerprint density at radius 3 is 2.47 bits per heavy atom. The van der Waals surface area contributed by atoms with Gasteiger partial charge in [-0.1, -0.05) is 0 Å². The second kappa shape index (κ2) is 6.60. The normalized spacial score (nSPS) is 10.2. The van der Waals surface area contributed by atoms with Crippen LogP contribution in [-0.4, -0.2) is 33.7 Å². The van der Waals surface area contributed by atoms with Crippen molar-refractivity contribution >= 4 is 17.3 Å². The lowest BCUT2D eigenvalue weighted by molar-refractivity contribution is 0.394. The molecule has 0 N–H and O–H groups in total. The van der Waals surface area contributed by atoms with Gasteiger partial charge < -0.3 is 14.4 Å². The van der Waals surface area contributed by atoms with Gasteiger partial charge >= 0.3 is 0 Å². The van der Waals surface area contributed by atoms with E-state index in [9.17, 15) is 0 Å². The first-order valence-corrected chi connectivity index (χ1v) is 6.17. The van der Waals surface area contributed by atoms with Crippen LogP contribution in [0.15, 0.2) is 12.1 Å². The second-order valence-corrected chi connectivity index (χ2v) is 4.34. The Hall–Kier alpha value is -1.09. The molecule has 0 bridgehead atoms. The van der Waals surface area contributed by atoms with Crippen LogP contribution in [0.1, 0.15) is 12.0 Å². The molecule has 0 saturated carbocycles. The van der Waals surface area contributed by atoms with Crippen molar-refractivity contribution in [2.24, 2.45) is 0 Å². The molecule has 1 aromatic rings. The number of methoxy groups -OCH3 is 2. The Morgan fingerprint density at radius 2 is 1.94 bits per heavy atom. The smallest absolute Gasteiger partial charge is 0.146 e. The van der Waals surface area contributed by atoms with Crippen LogP contribution in [0, 0.1) is 6.92 Å². The SMILES string of the molecule is COc1cc(C)c(N(C)CCCCl)c(OC)c1. The summed E-state index contributed by atoms with van der Waals surface area (Å²) in [5.41, 5.74) is 2.23. The highest BCUT2D eigenvalue weighted by atomic mass is 35.5. The summed E-state index contributed by atoms with van der Waals surface area (Å²) in [6.07, 6.45) is 0.951. The fraction of sp³-hybridized carbons (Fsp3) is 0.538. The predicted molar refractivity (Wildman–Crippen MR) is 72.9 cm³/mol. The van der Waals surface area contributed by atoms with Gasteiger partial charge in [0.15, 0.2) is 0 Å². The maximum absolute atomic E-state index is 5.72. The summed E-state index contributed by atoms with van der Waals surface area (Å²) in [4.78, 5) is 2.16. The molecular formula is C13H20ClNO2. The number of alkyl halides is 1. The zero-order valence-electron chi connectivity index (χ0n) is 10.9. The molecule has 0 spiro atoms. The van der Waals surface area contributed by atoms with E-state index in [-0.39, 0.29) is 0 Å². The topological polar surface area (TPSA) is 21.7 Å². The van der Waals surface area contributed by atoms with Gasteiger partial charge in [-0.15, -0.1) is 11.6 Å². The summed E-state index contributed by atoms with van der Waals surface area (Å²) in [5, 5.41) is 0. The van der Waals surface area contributed by atoms with E-state index in [4.69, 9.17) is 21.1 Å². The van der Waals surface area contributed by atoms with Crippen molar-refractivity contribution in [2.75, 3.05) is 38.6 Å². The lowest BCUT2D eigenvalue weighted by Crippen LogP contribution is -2.20. The van der Waals surface area contributed by atoms with Crippen molar-refractivity contribution < 1.29 is 9.47 Å². The number of hydrogen-bond acceptors (Lipinski definition) is 3. The molecule has 17 heavy (non-hydrogen) atoms. The number of benzene rings is 1. The molecule has 3 nitrogen and oxygen atoms in total. The van der Waals surface area contributed by atoms with Crippen molar-refractivity contribution in [3.8, 4) is 11.5 Å². The third kappa shape index (κ3) is 3.43. The number of hydrogen-bond donors (Lipinski definition) is 0. The molecular weight excluding hydrogens is 238 g/mol. The standard InChI is InChI=1S/C13H20ClNO2/c1-10-8-11(16-3)9-12(17-4)13(10)15(2)7-5-6-14/h8-9H,5-7H2,1-4H3. The van der Waals surface area contributed by atoms with E-state index < -0.39 is 0 Å². The predicted octanol–water partition coefficient (Wildman–Crippen LogP) is 3.08. The third-order valence-corrected chi connectivity index (χ3v) is 2.97. The van der Waals surface area contributed by atoms with Gasteiger partial charge in [0, 0.05) is 25.5 Å². The minimum Gasteiger partial charge on any atom is -0.497 e. The average Bonchev–Trinajstić information content (AvgIpc) is 2.34. The second-order valence-electron chi connectivity index (χ2n) is 3.96. The van der Waals surface area contributed by atoms with Crippen LogP contribution in [0.2, 0.25) is 0 Å². The third-order valence-electron chi connectivity index (χ3n) is 2.70. The average molecular weight is 258 g/mol. The maximum Gasteiger partial charge on any atom is 0.146 e. The summed E-state index contributed by atoms with van der Waals surface area (Å²) in [7, 11) is 5.38. The molecule has 0 aliphatic carbocycles. The van der Waals surface area contributed by atoms with E-state index in [1.165, 1.54) is 0 Å². The molecule has 0 saturated heterocycles. The monoisotopic (exact) mass is 257 g/mol. The van der Waals surface area contributed by atoms with Gasteiger partial charge in [0.25, 0.3) is 0 Å². The van der Waals surface area contributed by atoms with Crippen molar-refractivity contribution in [3.63, 3.8) is 0 Å². The van der Waals surface area contributed by atoms with Crippen molar-refractivity contribution in [1.29, 1.82) is 0 Å². The molecule has 0 unspecified atom stereocenters. The molecule has 0 radical (unpaired) electrons. The van der Waals surface area contributed by atoms with Crippen LogP contribution in [0.3, 0.4) is 0 Å². The van der Waals surface area contributed by atoms with Crippen molar-refractivity contribution in [2.45, 2.75) is 13.3 Å². The highest BCUT2D eigenvalue weighted by Gasteiger charge is 2.13. The van der Waals surface area contributed by atoms with Crippen molar-refractivity contribution in [3.05, 3.63) is 17.7 Å². The number of aryl methyl sites for hydroxylation is 1. The minimum absolute atomic E-state index is 0.669. The van der Waals surface area contributed by atoms with Crippen LogP contribution in [0.4, 0.5) is 5.69 Å². The summed E-state index contributed by atoms with van der Waals surface area (Å²) in [6.45, 7) is 2.96. The Kier molecular flexibility index (Phi) is 5.42. The first-order chi connectivity index (χ1) is 8.13. The summed E-state index contributed by atoms with van der Waals surface area (Å²) in [5.74, 6) is 2.31. The van der Waals surface area contributed by atoms with Crippen LogP contribution in [0.25, 0.3) is 0 Å². The maximum atomic E-state index is 5.72. The molecule has 0 aliphatic heterocycles. The molecule has 0 heterocycles. The summed E-state index contributed by atoms with van der Waals surface area (Å²) in [6, 6.07) is 3.91. The van der Waals surface area contributed by atoms with E-state index >= 15 is 0 Å². The molecule has 96 valence electrons. The van der Waals surface area contributed by atoms with Gasteiger partial charge in [-0.05, 0) is 25.0 Å². The van der Waals surface area contributed by atoms with E-state index in [1.807, 2.05) is 19.2 Å². The van der Waals surface area contributed by atoms with E-state index in [0.717, 1.165) is 35.7 Å².